The number of benzene rings is 2. The molecular weight excluding hydrogens is 316 g/mol. The predicted octanol–water partition coefficient (Wildman–Crippen LogP) is 2.01. The number of anilines is 1. The molecule has 0 atom stereocenters. The van der Waals surface area contributed by atoms with E-state index in [0.717, 1.165) is 23.2 Å². The maximum absolute atomic E-state index is 12.7. The van der Waals surface area contributed by atoms with E-state index in [2.05, 4.69) is 5.32 Å². The van der Waals surface area contributed by atoms with Crippen LogP contribution in [0.15, 0.2) is 54.6 Å². The second-order valence-corrected chi connectivity index (χ2v) is 6.60. The van der Waals surface area contributed by atoms with Crippen LogP contribution in [0.4, 0.5) is 5.69 Å². The molecule has 2 aliphatic heterocycles. The van der Waals surface area contributed by atoms with Gasteiger partial charge in [0.25, 0.3) is 0 Å². The average Bonchev–Trinajstić information content (AvgIpc) is 2.61. The van der Waals surface area contributed by atoms with E-state index in [0.29, 0.717) is 19.6 Å². The van der Waals surface area contributed by atoms with E-state index < -0.39 is 5.54 Å². The van der Waals surface area contributed by atoms with E-state index in [1.165, 1.54) is 0 Å². The summed E-state index contributed by atoms with van der Waals surface area (Å²) in [5, 5.41) is 3.09. The maximum atomic E-state index is 12.7. The number of rotatable bonds is 4. The largest absolute Gasteiger partial charge is 0.376 e. The molecule has 5 heteroatoms. The lowest BCUT2D eigenvalue weighted by Crippen LogP contribution is -2.61. The third-order valence-electron chi connectivity index (χ3n) is 4.90. The standard InChI is InChI=1S/C20H20N2O3/c23-18(21-20(13-25-14-20)16-7-2-1-3-8-16)12-22-17-9-5-4-6-15(17)10-11-19(22)24/h1-9H,10-14H2,(H,21,23). The van der Waals surface area contributed by atoms with Gasteiger partial charge >= 0.3 is 0 Å². The van der Waals surface area contributed by atoms with E-state index in [1.54, 1.807) is 4.90 Å². The van der Waals surface area contributed by atoms with Crippen molar-refractivity contribution in [1.82, 2.24) is 5.32 Å². The summed E-state index contributed by atoms with van der Waals surface area (Å²) in [4.78, 5) is 26.6. The Morgan fingerprint density at radius 3 is 2.48 bits per heavy atom. The Balaban J connectivity index is 1.52. The maximum Gasteiger partial charge on any atom is 0.240 e. The minimum absolute atomic E-state index is 0.00697. The molecule has 2 amide bonds. The van der Waals surface area contributed by atoms with Crippen molar-refractivity contribution in [3.05, 3.63) is 65.7 Å². The van der Waals surface area contributed by atoms with Crippen LogP contribution in [0, 0.1) is 0 Å². The Kier molecular flexibility index (Phi) is 4.01. The summed E-state index contributed by atoms with van der Waals surface area (Å²) in [5.74, 6) is -0.176. The molecule has 25 heavy (non-hydrogen) atoms. The van der Waals surface area contributed by atoms with Crippen LogP contribution in [0.1, 0.15) is 17.5 Å². The normalized spacial score (nSPS) is 18.2. The molecule has 2 aromatic rings. The zero-order valence-corrected chi connectivity index (χ0v) is 13.9. The van der Waals surface area contributed by atoms with Crippen LogP contribution in [-0.2, 0) is 26.3 Å². The van der Waals surface area contributed by atoms with E-state index in [-0.39, 0.29) is 18.4 Å². The number of amides is 2. The first-order valence-electron chi connectivity index (χ1n) is 8.50. The molecule has 0 unspecified atom stereocenters. The van der Waals surface area contributed by atoms with Crippen molar-refractivity contribution >= 4 is 17.5 Å². The van der Waals surface area contributed by atoms with Gasteiger partial charge in [0.05, 0.1) is 13.2 Å². The lowest BCUT2D eigenvalue weighted by Gasteiger charge is -2.43. The van der Waals surface area contributed by atoms with Gasteiger partial charge in [-0.2, -0.15) is 0 Å². The van der Waals surface area contributed by atoms with Gasteiger partial charge in [-0.1, -0.05) is 48.5 Å². The van der Waals surface area contributed by atoms with Gasteiger partial charge in [-0.3, -0.25) is 9.59 Å². The number of carbonyl (C=O) groups is 2. The third kappa shape index (κ3) is 2.91. The van der Waals surface area contributed by atoms with Gasteiger partial charge in [-0.05, 0) is 23.6 Å². The van der Waals surface area contributed by atoms with E-state index >= 15 is 0 Å². The molecule has 2 aliphatic rings. The van der Waals surface area contributed by atoms with Crippen LogP contribution in [0.3, 0.4) is 0 Å². The van der Waals surface area contributed by atoms with Crippen LogP contribution in [0.5, 0.6) is 0 Å². The van der Waals surface area contributed by atoms with Crippen molar-refractivity contribution in [3.8, 4) is 0 Å². The van der Waals surface area contributed by atoms with Gasteiger partial charge in [-0.15, -0.1) is 0 Å². The highest BCUT2D eigenvalue weighted by Crippen LogP contribution is 2.30. The molecule has 4 rings (SSSR count). The minimum atomic E-state index is -0.489. The molecule has 0 saturated carbocycles. The molecule has 2 aromatic carbocycles. The highest BCUT2D eigenvalue weighted by molar-refractivity contribution is 6.01. The summed E-state index contributed by atoms with van der Waals surface area (Å²) in [6, 6.07) is 17.6. The number of para-hydroxylation sites is 1. The van der Waals surface area contributed by atoms with Crippen LogP contribution in [0.25, 0.3) is 0 Å². The Morgan fingerprint density at radius 2 is 1.76 bits per heavy atom. The smallest absolute Gasteiger partial charge is 0.240 e. The lowest BCUT2D eigenvalue weighted by atomic mass is 9.88. The van der Waals surface area contributed by atoms with E-state index in [9.17, 15) is 9.59 Å². The third-order valence-corrected chi connectivity index (χ3v) is 4.90. The Morgan fingerprint density at radius 1 is 1.04 bits per heavy atom. The summed E-state index contributed by atoms with van der Waals surface area (Å²) in [6.45, 7) is 0.936. The molecule has 0 aromatic heterocycles. The van der Waals surface area contributed by atoms with Gasteiger partial charge in [0.2, 0.25) is 11.8 Å². The molecule has 0 aliphatic carbocycles. The summed E-state index contributed by atoms with van der Waals surface area (Å²) >= 11 is 0. The molecule has 1 saturated heterocycles. The Hall–Kier alpha value is -2.66. The molecular formula is C20H20N2O3. The van der Waals surface area contributed by atoms with Crippen LogP contribution >= 0.6 is 0 Å². The fourth-order valence-corrected chi connectivity index (χ4v) is 3.49. The minimum Gasteiger partial charge on any atom is -0.376 e. The Labute approximate surface area is 146 Å². The number of hydrogen-bond donors (Lipinski definition) is 1. The molecule has 1 fully saturated rings. The van der Waals surface area contributed by atoms with Crippen LogP contribution in [0.2, 0.25) is 0 Å². The monoisotopic (exact) mass is 336 g/mol. The quantitative estimate of drug-likeness (QED) is 0.929. The molecule has 128 valence electrons. The van der Waals surface area contributed by atoms with Crippen LogP contribution < -0.4 is 10.2 Å². The van der Waals surface area contributed by atoms with Gasteiger partial charge in [0.1, 0.15) is 12.1 Å². The second-order valence-electron chi connectivity index (χ2n) is 6.60. The first-order valence-corrected chi connectivity index (χ1v) is 8.50. The van der Waals surface area contributed by atoms with E-state index in [1.807, 2.05) is 54.6 Å². The zero-order chi connectivity index (χ0) is 17.3. The number of nitrogens with zero attached hydrogens (tertiary/aromatic N) is 1. The van der Waals surface area contributed by atoms with Gasteiger partial charge in [-0.25, -0.2) is 0 Å². The van der Waals surface area contributed by atoms with Crippen molar-refractivity contribution in [3.63, 3.8) is 0 Å². The highest BCUT2D eigenvalue weighted by atomic mass is 16.5. The SMILES string of the molecule is O=C(CN1C(=O)CCc2ccccc21)NC1(c2ccccc2)COC1. The predicted molar refractivity (Wildman–Crippen MR) is 94.2 cm³/mol. The van der Waals surface area contributed by atoms with Crippen molar-refractivity contribution in [2.75, 3.05) is 24.7 Å². The lowest BCUT2D eigenvalue weighted by molar-refractivity contribution is -0.134. The molecule has 0 spiro atoms. The van der Waals surface area contributed by atoms with Crippen molar-refractivity contribution in [1.29, 1.82) is 0 Å². The zero-order valence-electron chi connectivity index (χ0n) is 13.9. The van der Waals surface area contributed by atoms with Crippen molar-refractivity contribution in [2.24, 2.45) is 0 Å². The summed E-state index contributed by atoms with van der Waals surface area (Å²) < 4.78 is 5.37. The number of aryl methyl sites for hydroxylation is 1. The number of hydrogen-bond acceptors (Lipinski definition) is 3. The topological polar surface area (TPSA) is 58.6 Å². The van der Waals surface area contributed by atoms with Gasteiger partial charge in [0, 0.05) is 12.1 Å². The number of nitrogens with one attached hydrogen (secondary N) is 1. The number of fused-ring (bicyclic) bond motifs is 1. The molecule has 0 bridgehead atoms. The fourth-order valence-electron chi connectivity index (χ4n) is 3.49. The fraction of sp³-hybridized carbons (Fsp3) is 0.300. The first-order chi connectivity index (χ1) is 12.2. The second kappa shape index (κ2) is 6.33. The molecule has 1 N–H and O–H groups in total. The van der Waals surface area contributed by atoms with E-state index in [4.69, 9.17) is 4.74 Å². The molecule has 5 nitrogen and oxygen atoms in total. The van der Waals surface area contributed by atoms with Crippen molar-refractivity contribution in [2.45, 2.75) is 18.4 Å². The van der Waals surface area contributed by atoms with Gasteiger partial charge in [0.15, 0.2) is 0 Å². The Bertz CT molecular complexity index is 800. The molecule has 0 radical (unpaired) electrons. The summed E-state index contributed by atoms with van der Waals surface area (Å²) in [5.41, 5.74) is 2.49. The number of ether oxygens (including phenoxy) is 1. The first kappa shape index (κ1) is 15.8. The average molecular weight is 336 g/mol. The highest BCUT2D eigenvalue weighted by Gasteiger charge is 2.42. The summed E-state index contributed by atoms with van der Waals surface area (Å²) in [7, 11) is 0. The van der Waals surface area contributed by atoms with Crippen LogP contribution in [-0.4, -0.2) is 31.6 Å². The summed E-state index contributed by atoms with van der Waals surface area (Å²) in [6.07, 6.45) is 1.17. The van der Waals surface area contributed by atoms with Gasteiger partial charge < -0.3 is 15.0 Å². The molecule has 2 heterocycles. The number of carbonyl (C=O) groups excluding carboxylic acids is 2. The van der Waals surface area contributed by atoms with Crippen molar-refractivity contribution < 1.29 is 14.3 Å².